The van der Waals surface area contributed by atoms with Gasteiger partial charge in [0.2, 0.25) is 0 Å². The summed E-state index contributed by atoms with van der Waals surface area (Å²) in [4.78, 5) is 0. The molecule has 0 heterocycles. The highest BCUT2D eigenvalue weighted by Crippen LogP contribution is 2.20. The minimum absolute atomic E-state index is 0.126. The third-order valence-electron chi connectivity index (χ3n) is 3.06. The Balaban J connectivity index is 3.42. The normalized spacial score (nSPS) is 15.3. The number of rotatable bonds is 12. The topological polar surface area (TPSA) is 61.7 Å². The van der Waals surface area contributed by atoms with Crippen molar-refractivity contribution in [3.63, 3.8) is 0 Å². The molecule has 0 radical (unpaired) electrons. The van der Waals surface area contributed by atoms with Crippen LogP contribution in [0, 0.1) is 5.41 Å². The Hall–Kier alpha value is -0.160. The van der Waals surface area contributed by atoms with Gasteiger partial charge in [0.05, 0.1) is 18.8 Å². The summed E-state index contributed by atoms with van der Waals surface area (Å²) in [7, 11) is 0. The van der Waals surface area contributed by atoms with E-state index in [2.05, 4.69) is 33.0 Å². The first-order valence-electron chi connectivity index (χ1n) is 7.99. The Bertz CT molecular complexity index is 216. The zero-order valence-corrected chi connectivity index (χ0v) is 13.8. The van der Waals surface area contributed by atoms with E-state index in [0.717, 1.165) is 19.4 Å². The van der Waals surface area contributed by atoms with Crippen LogP contribution in [0.1, 0.15) is 59.8 Å². The Kier molecular flexibility index (Phi) is 11.4. The maximum atomic E-state index is 9.82. The van der Waals surface area contributed by atoms with Gasteiger partial charge in [0.25, 0.3) is 0 Å². The van der Waals surface area contributed by atoms with Gasteiger partial charge in [-0.05, 0) is 18.3 Å². The highest BCUT2D eigenvalue weighted by atomic mass is 16.5. The van der Waals surface area contributed by atoms with Crippen LogP contribution in [0.25, 0.3) is 0 Å². The van der Waals surface area contributed by atoms with E-state index >= 15 is 0 Å². The van der Waals surface area contributed by atoms with E-state index in [9.17, 15) is 10.2 Å². The van der Waals surface area contributed by atoms with Crippen LogP contribution in [-0.2, 0) is 4.74 Å². The van der Waals surface area contributed by atoms with E-state index in [1.165, 1.54) is 19.3 Å². The molecular formula is C16H35NO3. The molecule has 4 nitrogen and oxygen atoms in total. The van der Waals surface area contributed by atoms with Crippen molar-refractivity contribution in [2.45, 2.75) is 72.0 Å². The minimum Gasteiger partial charge on any atom is -0.392 e. The quantitative estimate of drug-likeness (QED) is 0.483. The lowest BCUT2D eigenvalue weighted by Gasteiger charge is -2.23. The molecule has 0 rings (SSSR count). The number of aliphatic hydroxyl groups is 2. The van der Waals surface area contributed by atoms with E-state index in [4.69, 9.17) is 4.74 Å². The molecule has 0 aliphatic heterocycles. The van der Waals surface area contributed by atoms with Crippen molar-refractivity contribution in [3.8, 4) is 0 Å². The molecule has 0 aliphatic carbocycles. The lowest BCUT2D eigenvalue weighted by molar-refractivity contribution is 0.0328. The molecule has 0 amide bonds. The van der Waals surface area contributed by atoms with Crippen molar-refractivity contribution in [1.29, 1.82) is 0 Å². The summed E-state index contributed by atoms with van der Waals surface area (Å²) in [6, 6.07) is 0. The van der Waals surface area contributed by atoms with Crippen LogP contribution in [0.2, 0.25) is 0 Å². The molecule has 0 saturated carbocycles. The maximum absolute atomic E-state index is 9.82. The second-order valence-electron chi connectivity index (χ2n) is 6.87. The number of nitrogens with one attached hydrogen (secondary N) is 1. The van der Waals surface area contributed by atoms with E-state index in [0.29, 0.717) is 19.7 Å². The summed E-state index contributed by atoms with van der Waals surface area (Å²) in [5.74, 6) is 0. The number of aliphatic hydroxyl groups excluding tert-OH is 2. The standard InChI is InChI=1S/C16H35NO3/c1-5-6-7-8-9-20-13-15(19)12-17-11-14(18)10-16(2,3)4/h14-15,17-19H,5-13H2,1-4H3. The first-order chi connectivity index (χ1) is 9.35. The molecule has 3 N–H and O–H groups in total. The van der Waals surface area contributed by atoms with Crippen molar-refractivity contribution in [2.75, 3.05) is 26.3 Å². The van der Waals surface area contributed by atoms with Gasteiger partial charge >= 0.3 is 0 Å². The molecule has 122 valence electrons. The molecule has 0 aliphatic rings. The molecule has 2 unspecified atom stereocenters. The predicted octanol–water partition coefficient (Wildman–Crippen LogP) is 2.33. The highest BCUT2D eigenvalue weighted by Gasteiger charge is 2.16. The van der Waals surface area contributed by atoms with Gasteiger partial charge in [-0.15, -0.1) is 0 Å². The van der Waals surface area contributed by atoms with Crippen molar-refractivity contribution in [1.82, 2.24) is 5.32 Å². The number of ether oxygens (including phenoxy) is 1. The molecular weight excluding hydrogens is 254 g/mol. The zero-order chi connectivity index (χ0) is 15.4. The molecule has 0 fully saturated rings. The van der Waals surface area contributed by atoms with Crippen LogP contribution in [-0.4, -0.2) is 48.7 Å². The van der Waals surface area contributed by atoms with Crippen molar-refractivity contribution < 1.29 is 14.9 Å². The predicted molar refractivity (Wildman–Crippen MR) is 83.9 cm³/mol. The third kappa shape index (κ3) is 14.3. The van der Waals surface area contributed by atoms with E-state index in [1.807, 2.05) is 0 Å². The monoisotopic (exact) mass is 289 g/mol. The molecule has 0 aromatic heterocycles. The molecule has 0 aromatic carbocycles. The summed E-state index contributed by atoms with van der Waals surface area (Å²) in [6.45, 7) is 10.6. The third-order valence-corrected chi connectivity index (χ3v) is 3.06. The van der Waals surface area contributed by atoms with Gasteiger partial charge in [0, 0.05) is 19.7 Å². The van der Waals surface area contributed by atoms with Crippen molar-refractivity contribution in [2.24, 2.45) is 5.41 Å². The fourth-order valence-electron chi connectivity index (χ4n) is 2.10. The zero-order valence-electron chi connectivity index (χ0n) is 13.8. The first-order valence-corrected chi connectivity index (χ1v) is 7.99. The molecule has 0 spiro atoms. The first kappa shape index (κ1) is 19.8. The van der Waals surface area contributed by atoms with E-state index < -0.39 is 6.10 Å². The summed E-state index contributed by atoms with van der Waals surface area (Å²) in [6.07, 6.45) is 4.63. The summed E-state index contributed by atoms with van der Waals surface area (Å²) < 4.78 is 5.43. The Labute approximate surface area is 124 Å². The van der Waals surface area contributed by atoms with Gasteiger partial charge < -0.3 is 20.3 Å². The fourth-order valence-corrected chi connectivity index (χ4v) is 2.10. The van der Waals surface area contributed by atoms with Crippen LogP contribution in [0.4, 0.5) is 0 Å². The summed E-state index contributed by atoms with van der Waals surface area (Å²) in [5, 5.41) is 22.6. The second kappa shape index (κ2) is 11.5. The maximum Gasteiger partial charge on any atom is 0.0897 e. The molecule has 0 aromatic rings. The SMILES string of the molecule is CCCCCCOCC(O)CNCC(O)CC(C)(C)C. The number of unbranched alkanes of at least 4 members (excludes halogenated alkanes) is 3. The van der Waals surface area contributed by atoms with Crippen molar-refractivity contribution >= 4 is 0 Å². The van der Waals surface area contributed by atoms with Gasteiger partial charge in [0.15, 0.2) is 0 Å². The highest BCUT2D eigenvalue weighted by molar-refractivity contribution is 4.70. The Morgan fingerprint density at radius 2 is 1.65 bits per heavy atom. The smallest absolute Gasteiger partial charge is 0.0897 e. The number of hydrogen-bond donors (Lipinski definition) is 3. The van der Waals surface area contributed by atoms with Crippen LogP contribution in [0.5, 0.6) is 0 Å². The summed E-state index contributed by atoms with van der Waals surface area (Å²) in [5.41, 5.74) is 0.126. The minimum atomic E-state index is -0.497. The molecule has 4 heteroatoms. The van der Waals surface area contributed by atoms with Crippen LogP contribution in [0.3, 0.4) is 0 Å². The Morgan fingerprint density at radius 1 is 1.00 bits per heavy atom. The van der Waals surface area contributed by atoms with Crippen molar-refractivity contribution in [3.05, 3.63) is 0 Å². The van der Waals surface area contributed by atoms with Gasteiger partial charge in [-0.2, -0.15) is 0 Å². The van der Waals surface area contributed by atoms with Gasteiger partial charge in [-0.25, -0.2) is 0 Å². The van der Waals surface area contributed by atoms with E-state index in [1.54, 1.807) is 0 Å². The average molecular weight is 289 g/mol. The second-order valence-corrected chi connectivity index (χ2v) is 6.87. The van der Waals surface area contributed by atoms with Gasteiger partial charge in [-0.3, -0.25) is 0 Å². The van der Waals surface area contributed by atoms with Crippen LogP contribution in [0.15, 0.2) is 0 Å². The average Bonchev–Trinajstić information content (AvgIpc) is 2.31. The van der Waals surface area contributed by atoms with Crippen LogP contribution < -0.4 is 5.32 Å². The molecule has 0 saturated heterocycles. The molecule has 20 heavy (non-hydrogen) atoms. The molecule has 0 bridgehead atoms. The van der Waals surface area contributed by atoms with Gasteiger partial charge in [0.1, 0.15) is 0 Å². The lowest BCUT2D eigenvalue weighted by atomic mass is 9.89. The van der Waals surface area contributed by atoms with E-state index in [-0.39, 0.29) is 11.5 Å². The molecule has 2 atom stereocenters. The lowest BCUT2D eigenvalue weighted by Crippen LogP contribution is -2.36. The largest absolute Gasteiger partial charge is 0.392 e. The van der Waals surface area contributed by atoms with Gasteiger partial charge in [-0.1, -0.05) is 47.0 Å². The Morgan fingerprint density at radius 3 is 2.25 bits per heavy atom. The van der Waals surface area contributed by atoms with Crippen LogP contribution >= 0.6 is 0 Å². The number of hydrogen-bond acceptors (Lipinski definition) is 4. The fraction of sp³-hybridized carbons (Fsp3) is 1.00. The summed E-state index contributed by atoms with van der Waals surface area (Å²) >= 11 is 0.